The van der Waals surface area contributed by atoms with E-state index >= 15 is 0 Å². The number of para-hydroxylation sites is 1. The average molecular weight is 616 g/mol. The summed E-state index contributed by atoms with van der Waals surface area (Å²) in [5.41, 5.74) is 2.52. The van der Waals surface area contributed by atoms with Crippen LogP contribution in [-0.2, 0) is 17.4 Å². The van der Waals surface area contributed by atoms with Crippen LogP contribution in [0.5, 0.6) is 0 Å². The molecule has 232 valence electrons. The molecule has 0 aliphatic rings. The monoisotopic (exact) mass is 615 g/mol. The van der Waals surface area contributed by atoms with E-state index < -0.39 is 23.8 Å². The van der Waals surface area contributed by atoms with Gasteiger partial charge in [-0.2, -0.15) is 23.3 Å². The largest absolute Gasteiger partial charge is 0.481 e. The third kappa shape index (κ3) is 7.93. The van der Waals surface area contributed by atoms with Crippen molar-refractivity contribution in [2.45, 2.75) is 44.9 Å². The van der Waals surface area contributed by atoms with Crippen molar-refractivity contribution in [1.29, 1.82) is 0 Å². The number of aliphatic carboxylic acids is 1. The topological polar surface area (TPSA) is 113 Å². The number of carboxylic acids is 1. The van der Waals surface area contributed by atoms with Gasteiger partial charge in [-0.3, -0.25) is 4.79 Å². The van der Waals surface area contributed by atoms with Gasteiger partial charge < -0.3 is 15.5 Å². The number of aliphatic hydroxyl groups excluding tert-OH is 1. The maximum Gasteiger partial charge on any atom is 0.416 e. The van der Waals surface area contributed by atoms with E-state index in [0.29, 0.717) is 22.8 Å². The zero-order valence-electron chi connectivity index (χ0n) is 24.4. The Hall–Kier alpha value is -5.03. The Balaban J connectivity index is 1.64. The molecule has 0 spiro atoms. The minimum absolute atomic E-state index is 0.0766. The van der Waals surface area contributed by atoms with E-state index in [0.717, 1.165) is 23.4 Å². The zero-order chi connectivity index (χ0) is 32.0. The van der Waals surface area contributed by atoms with Crippen LogP contribution in [0.1, 0.15) is 37.3 Å². The van der Waals surface area contributed by atoms with Crippen molar-refractivity contribution in [3.63, 3.8) is 0 Å². The summed E-state index contributed by atoms with van der Waals surface area (Å²) in [4.78, 5) is 20.1. The lowest BCUT2D eigenvalue weighted by atomic mass is 9.93. The minimum Gasteiger partial charge on any atom is -0.481 e. The highest BCUT2D eigenvalue weighted by molar-refractivity contribution is 5.76. The highest BCUT2D eigenvalue weighted by Gasteiger charge is 2.32. The second-order valence-corrected chi connectivity index (χ2v) is 10.9. The third-order valence-electron chi connectivity index (χ3n) is 7.31. The number of benzene rings is 3. The number of alkyl halides is 3. The van der Waals surface area contributed by atoms with Crippen LogP contribution < -0.4 is 5.32 Å². The molecular weight excluding hydrogens is 583 g/mol. The van der Waals surface area contributed by atoms with E-state index in [4.69, 9.17) is 10.2 Å². The van der Waals surface area contributed by atoms with Gasteiger partial charge in [0.15, 0.2) is 5.82 Å². The summed E-state index contributed by atoms with van der Waals surface area (Å²) in [5.74, 6) is -0.599. The maximum absolute atomic E-state index is 13.9. The van der Waals surface area contributed by atoms with Crippen LogP contribution in [0.4, 0.5) is 24.8 Å². The van der Waals surface area contributed by atoms with Crippen LogP contribution in [0.25, 0.3) is 28.3 Å². The van der Waals surface area contributed by atoms with Gasteiger partial charge in [-0.15, -0.1) is 0 Å². The van der Waals surface area contributed by atoms with Crippen LogP contribution in [-0.4, -0.2) is 42.0 Å². The molecule has 2 unspecified atom stereocenters. The van der Waals surface area contributed by atoms with Crippen molar-refractivity contribution in [3.8, 4) is 28.3 Å². The molecule has 5 rings (SSSR count). The number of aromatic nitrogens is 4. The molecule has 2 heterocycles. The van der Waals surface area contributed by atoms with Crippen LogP contribution in [0.2, 0.25) is 0 Å². The Bertz CT molecular complexity index is 1740. The summed E-state index contributed by atoms with van der Waals surface area (Å²) < 4.78 is 43.2. The number of anilines is 2. The van der Waals surface area contributed by atoms with Crippen molar-refractivity contribution in [3.05, 3.63) is 108 Å². The average Bonchev–Trinajstić information content (AvgIpc) is 3.40. The molecule has 0 fully saturated rings. The van der Waals surface area contributed by atoms with Crippen LogP contribution in [0.3, 0.4) is 0 Å². The predicted molar refractivity (Wildman–Crippen MR) is 165 cm³/mol. The fourth-order valence-corrected chi connectivity index (χ4v) is 5.27. The van der Waals surface area contributed by atoms with Gasteiger partial charge in [-0.1, -0.05) is 67.6 Å². The molecule has 3 aromatic carbocycles. The van der Waals surface area contributed by atoms with Crippen LogP contribution in [0.15, 0.2) is 97.2 Å². The lowest BCUT2D eigenvalue weighted by Gasteiger charge is -2.16. The first-order valence-corrected chi connectivity index (χ1v) is 14.5. The number of carboxylic acid groups (broad SMARTS) is 1. The third-order valence-corrected chi connectivity index (χ3v) is 7.31. The lowest BCUT2D eigenvalue weighted by Crippen LogP contribution is -2.15. The maximum atomic E-state index is 13.9. The Morgan fingerprint density at radius 1 is 0.956 bits per heavy atom. The summed E-state index contributed by atoms with van der Waals surface area (Å²) >= 11 is 0. The number of hydrogen-bond donors (Lipinski definition) is 3. The predicted octanol–water partition coefficient (Wildman–Crippen LogP) is 7.55. The van der Waals surface area contributed by atoms with E-state index in [9.17, 15) is 23.1 Å². The van der Waals surface area contributed by atoms with Crippen molar-refractivity contribution in [1.82, 2.24) is 19.7 Å². The molecule has 0 radical (unpaired) electrons. The number of aliphatic hydroxyl groups is 1. The van der Waals surface area contributed by atoms with Crippen LogP contribution >= 0.6 is 0 Å². The van der Waals surface area contributed by atoms with Gasteiger partial charge in [0.1, 0.15) is 0 Å². The molecule has 3 N–H and O–H groups in total. The molecule has 0 saturated carbocycles. The van der Waals surface area contributed by atoms with Gasteiger partial charge in [0.25, 0.3) is 0 Å². The summed E-state index contributed by atoms with van der Waals surface area (Å²) in [7, 11) is 0. The normalized spacial score (nSPS) is 12.9. The van der Waals surface area contributed by atoms with E-state index in [1.54, 1.807) is 25.3 Å². The molecule has 0 aliphatic carbocycles. The van der Waals surface area contributed by atoms with Crippen molar-refractivity contribution < 1.29 is 28.2 Å². The van der Waals surface area contributed by atoms with Crippen molar-refractivity contribution in [2.24, 2.45) is 5.92 Å². The first kappa shape index (κ1) is 31.4. The highest BCUT2D eigenvalue weighted by Crippen LogP contribution is 2.38. The molecule has 0 saturated heterocycles. The quantitative estimate of drug-likeness (QED) is 0.133. The van der Waals surface area contributed by atoms with E-state index in [1.807, 2.05) is 60.7 Å². The molecule has 0 aliphatic heterocycles. The fraction of sp³-hybridized carbons (Fsp3) is 0.235. The Kier molecular flexibility index (Phi) is 9.58. The number of carbonyl (C=O) groups is 1. The molecule has 45 heavy (non-hydrogen) atoms. The van der Waals surface area contributed by atoms with Gasteiger partial charge >= 0.3 is 12.1 Å². The highest BCUT2D eigenvalue weighted by atomic mass is 19.4. The molecule has 11 heteroatoms. The van der Waals surface area contributed by atoms with Gasteiger partial charge in [0.05, 0.1) is 23.1 Å². The molecule has 0 amide bonds. The molecule has 5 aromatic rings. The Morgan fingerprint density at radius 3 is 2.33 bits per heavy atom. The fourth-order valence-electron chi connectivity index (χ4n) is 5.27. The molecule has 8 nitrogen and oxygen atoms in total. The second kappa shape index (κ2) is 13.7. The summed E-state index contributed by atoms with van der Waals surface area (Å²) in [6.07, 6.45) is -3.17. The lowest BCUT2D eigenvalue weighted by molar-refractivity contribution is -0.138. The molecule has 2 aromatic heterocycles. The number of rotatable bonds is 12. The number of hydrogen-bond acceptors (Lipinski definition) is 6. The van der Waals surface area contributed by atoms with Gasteiger partial charge in [0.2, 0.25) is 5.95 Å². The van der Waals surface area contributed by atoms with Gasteiger partial charge in [-0.25, -0.2) is 9.67 Å². The zero-order valence-corrected chi connectivity index (χ0v) is 24.4. The first-order chi connectivity index (χ1) is 21.6. The SMILES string of the molecule is CC(CC(=O)O)CC(O)CCc1c(-c2ccccc2)nn(-c2ccnc(Nc3ccccc3)n2)c1-c1cccc(C(F)(F)F)c1. The van der Waals surface area contributed by atoms with E-state index in [-0.39, 0.29) is 43.1 Å². The molecular formula is C34H32F3N5O3. The summed E-state index contributed by atoms with van der Waals surface area (Å²) in [6, 6.07) is 25.2. The smallest absolute Gasteiger partial charge is 0.416 e. The van der Waals surface area contributed by atoms with Crippen molar-refractivity contribution >= 4 is 17.6 Å². The number of nitrogens with zero attached hydrogens (tertiary/aromatic N) is 4. The summed E-state index contributed by atoms with van der Waals surface area (Å²) in [5, 5.41) is 28.0. The van der Waals surface area contributed by atoms with E-state index in [1.165, 1.54) is 10.7 Å². The molecule has 2 atom stereocenters. The van der Waals surface area contributed by atoms with Gasteiger partial charge in [-0.05, 0) is 49.4 Å². The Labute approximate surface area is 258 Å². The van der Waals surface area contributed by atoms with E-state index in [2.05, 4.69) is 15.3 Å². The second-order valence-electron chi connectivity index (χ2n) is 10.9. The minimum atomic E-state index is -4.57. The van der Waals surface area contributed by atoms with Gasteiger partial charge in [0, 0.05) is 41.1 Å². The van der Waals surface area contributed by atoms with Crippen molar-refractivity contribution in [2.75, 3.05) is 5.32 Å². The summed E-state index contributed by atoms with van der Waals surface area (Å²) in [6.45, 7) is 1.76. The first-order valence-electron chi connectivity index (χ1n) is 14.5. The molecule has 0 bridgehead atoms. The number of nitrogens with one attached hydrogen (secondary N) is 1. The number of halogens is 3. The Morgan fingerprint density at radius 2 is 1.64 bits per heavy atom. The standard InChI is InChI=1S/C34H32F3N5O3/c1-22(20-30(44)45)19-27(43)15-16-28-31(23-9-4-2-5-10-23)41-42(32(28)24-11-8-12-25(21-24)34(35,36)37)29-17-18-38-33(40-29)39-26-13-6-3-7-14-26/h2-14,17-18,21-22,27,43H,15-16,19-20H2,1H3,(H,44,45)(H,38,39,40). The van der Waals surface area contributed by atoms with Crippen LogP contribution in [0, 0.1) is 5.92 Å².